The number of nitrogens with two attached hydrogens (primary N) is 1. The van der Waals surface area contributed by atoms with Gasteiger partial charge < -0.3 is 30.4 Å². The number of rotatable bonds is 19. The molecule has 0 unspecified atom stereocenters. The molecule has 1 fully saturated rings. The van der Waals surface area contributed by atoms with Gasteiger partial charge in [-0.05, 0) is 73.5 Å². The van der Waals surface area contributed by atoms with E-state index in [1.165, 1.54) is 11.1 Å². The molecule has 0 aliphatic carbocycles. The molecule has 2 rings (SSSR count). The third-order valence-electron chi connectivity index (χ3n) is 8.37. The van der Waals surface area contributed by atoms with Crippen molar-refractivity contribution in [1.29, 1.82) is 0 Å². The number of hydrogen-bond acceptors (Lipinski definition) is 7. The molecule has 1 saturated heterocycles. The molecule has 1 aromatic rings. The fourth-order valence-electron chi connectivity index (χ4n) is 5.53. The van der Waals surface area contributed by atoms with Gasteiger partial charge >= 0.3 is 0 Å². The minimum Gasteiger partial charge on any atom is -0.496 e. The largest absolute Gasteiger partial charge is 0.496 e. The summed E-state index contributed by atoms with van der Waals surface area (Å²) in [7, 11) is 3.46. The fraction of sp³-hybridized carbons (Fsp3) is 0.781. The summed E-state index contributed by atoms with van der Waals surface area (Å²) in [6, 6.07) is 6.09. The van der Waals surface area contributed by atoms with Gasteiger partial charge in [-0.2, -0.15) is 0 Å². The molecular formula is C32H58ClN3O5. The van der Waals surface area contributed by atoms with Crippen LogP contribution in [0.5, 0.6) is 5.75 Å². The topological polar surface area (TPSA) is 106 Å². The lowest BCUT2D eigenvalue weighted by molar-refractivity contribution is -0.127. The van der Waals surface area contributed by atoms with Crippen molar-refractivity contribution in [3.63, 3.8) is 0 Å². The zero-order valence-corrected chi connectivity index (χ0v) is 27.2. The maximum absolute atomic E-state index is 13.0. The summed E-state index contributed by atoms with van der Waals surface area (Å²) in [5.74, 6) is 1.51. The number of nitrogens with one attached hydrogen (secondary N) is 1. The zero-order chi connectivity index (χ0) is 29.5. The Morgan fingerprint density at radius 1 is 1.10 bits per heavy atom. The number of morpholine rings is 1. The van der Waals surface area contributed by atoms with Crippen molar-refractivity contribution < 1.29 is 24.1 Å². The molecule has 0 aromatic heterocycles. The molecule has 9 heteroatoms. The maximum atomic E-state index is 13.0. The Bertz CT molecular complexity index is 851. The minimum absolute atomic E-state index is 0. The lowest BCUT2D eigenvalue weighted by Gasteiger charge is -2.30. The van der Waals surface area contributed by atoms with E-state index >= 15 is 0 Å². The van der Waals surface area contributed by atoms with Crippen molar-refractivity contribution in [3.05, 3.63) is 29.3 Å². The number of halogens is 1. The van der Waals surface area contributed by atoms with Gasteiger partial charge in [0.1, 0.15) is 5.75 Å². The summed E-state index contributed by atoms with van der Waals surface area (Å²) in [5, 5.41) is 14.2. The predicted molar refractivity (Wildman–Crippen MR) is 169 cm³/mol. The van der Waals surface area contributed by atoms with Gasteiger partial charge in [-0.3, -0.25) is 9.69 Å². The van der Waals surface area contributed by atoms with Crippen molar-refractivity contribution in [2.24, 2.45) is 29.4 Å². The van der Waals surface area contributed by atoms with E-state index in [9.17, 15) is 9.90 Å². The van der Waals surface area contributed by atoms with Crippen molar-refractivity contribution in [2.45, 2.75) is 78.4 Å². The number of carbonyl (C=O) groups is 1. The van der Waals surface area contributed by atoms with E-state index in [0.717, 1.165) is 70.9 Å². The molecule has 1 aromatic carbocycles. The van der Waals surface area contributed by atoms with Crippen molar-refractivity contribution in [3.8, 4) is 5.75 Å². The number of carbonyl (C=O) groups excluding carboxylic acids is 1. The molecule has 0 radical (unpaired) electrons. The number of methoxy groups -OCH3 is 2. The predicted octanol–water partition coefficient (Wildman–Crippen LogP) is 4.09. The summed E-state index contributed by atoms with van der Waals surface area (Å²) in [5.41, 5.74) is 9.08. The Labute approximate surface area is 255 Å². The summed E-state index contributed by atoms with van der Waals surface area (Å²) in [6.07, 6.45) is 4.27. The van der Waals surface area contributed by atoms with Crippen LogP contribution in [-0.4, -0.2) is 88.3 Å². The van der Waals surface area contributed by atoms with Gasteiger partial charge in [-0.15, -0.1) is 12.4 Å². The Balaban J connectivity index is 0.00000840. The van der Waals surface area contributed by atoms with Crippen LogP contribution in [-0.2, 0) is 27.1 Å². The van der Waals surface area contributed by atoms with E-state index in [-0.39, 0.29) is 36.2 Å². The number of aliphatic hydroxyl groups is 1. The molecule has 0 bridgehead atoms. The van der Waals surface area contributed by atoms with Crippen LogP contribution in [0.4, 0.5) is 0 Å². The lowest BCUT2D eigenvalue weighted by Crippen LogP contribution is -2.45. The molecule has 41 heavy (non-hydrogen) atoms. The van der Waals surface area contributed by atoms with E-state index < -0.39 is 6.10 Å². The minimum atomic E-state index is -0.731. The molecule has 238 valence electrons. The van der Waals surface area contributed by atoms with E-state index in [4.69, 9.17) is 19.9 Å². The second-order valence-electron chi connectivity index (χ2n) is 12.1. The zero-order valence-electron chi connectivity index (χ0n) is 26.4. The Morgan fingerprint density at radius 2 is 1.80 bits per heavy atom. The van der Waals surface area contributed by atoms with Gasteiger partial charge in [0.15, 0.2) is 0 Å². The monoisotopic (exact) mass is 599 g/mol. The Hall–Kier alpha value is -1.42. The molecule has 1 amide bonds. The van der Waals surface area contributed by atoms with Crippen LogP contribution >= 0.6 is 12.4 Å². The molecular weight excluding hydrogens is 542 g/mol. The summed E-state index contributed by atoms with van der Waals surface area (Å²) < 4.78 is 16.2. The molecule has 1 heterocycles. The third-order valence-corrected chi connectivity index (χ3v) is 8.37. The van der Waals surface area contributed by atoms with Crippen molar-refractivity contribution in [1.82, 2.24) is 10.2 Å². The van der Waals surface area contributed by atoms with Gasteiger partial charge in [0.05, 0.1) is 26.4 Å². The summed E-state index contributed by atoms with van der Waals surface area (Å²) in [6.45, 7) is 14.0. The van der Waals surface area contributed by atoms with Gasteiger partial charge in [0, 0.05) is 51.9 Å². The lowest BCUT2D eigenvalue weighted by atomic mass is 9.80. The van der Waals surface area contributed by atoms with Crippen LogP contribution in [0.25, 0.3) is 0 Å². The number of benzene rings is 1. The van der Waals surface area contributed by atoms with E-state index in [2.05, 4.69) is 42.3 Å². The van der Waals surface area contributed by atoms with Gasteiger partial charge in [-0.25, -0.2) is 0 Å². The highest BCUT2D eigenvalue weighted by atomic mass is 35.5. The van der Waals surface area contributed by atoms with Crippen LogP contribution in [0.3, 0.4) is 0 Å². The average Bonchev–Trinajstić information content (AvgIpc) is 2.93. The van der Waals surface area contributed by atoms with Crippen LogP contribution in [0.15, 0.2) is 18.2 Å². The Kier molecular flexibility index (Phi) is 18.8. The standard InChI is InChI=1S/C32H57N3O5.ClH/c1-23(2)27(20-25-10-11-31(39-6)26(19-25)9-7-8-16-38-5)21-29(33)30(36)22-28(24(3)4)32(37)34-12-13-35-14-17-40-18-15-35;/h10-11,19,23-24,27-30,36H,7-9,12-18,20-22,33H2,1-6H3,(H,34,37);1H/t27-,28-,29-,30-;/m0./s1. The van der Waals surface area contributed by atoms with Crippen LogP contribution in [0.2, 0.25) is 0 Å². The first kappa shape index (κ1) is 37.6. The number of hydrogen-bond donors (Lipinski definition) is 3. The molecule has 4 N–H and O–H groups in total. The van der Waals surface area contributed by atoms with E-state index in [0.29, 0.717) is 31.2 Å². The summed E-state index contributed by atoms with van der Waals surface area (Å²) in [4.78, 5) is 15.3. The van der Waals surface area contributed by atoms with Gasteiger partial charge in [0.2, 0.25) is 5.91 Å². The fourth-order valence-corrected chi connectivity index (χ4v) is 5.53. The first-order valence-electron chi connectivity index (χ1n) is 15.3. The number of nitrogens with zero attached hydrogens (tertiary/aromatic N) is 1. The second kappa shape index (κ2) is 20.5. The maximum Gasteiger partial charge on any atom is 0.223 e. The smallest absolute Gasteiger partial charge is 0.223 e. The van der Waals surface area contributed by atoms with E-state index in [1.54, 1.807) is 14.2 Å². The first-order valence-corrected chi connectivity index (χ1v) is 15.3. The molecule has 1 aliphatic heterocycles. The van der Waals surface area contributed by atoms with E-state index in [1.807, 2.05) is 13.8 Å². The highest BCUT2D eigenvalue weighted by Gasteiger charge is 2.30. The molecule has 4 atom stereocenters. The third kappa shape index (κ3) is 13.6. The SMILES string of the molecule is COCCCCc1cc(C[C@@H](C[C@H](N)[C@@H](O)C[C@H](C(=O)NCCN2CCOCC2)C(C)C)C(C)C)ccc1OC.Cl. The number of unbranched alkanes of at least 4 members (excludes halogenated alkanes) is 1. The number of aliphatic hydroxyl groups excluding tert-OH is 1. The van der Waals surface area contributed by atoms with Crippen LogP contribution in [0, 0.1) is 23.7 Å². The summed E-state index contributed by atoms with van der Waals surface area (Å²) >= 11 is 0. The van der Waals surface area contributed by atoms with Gasteiger partial charge in [0.25, 0.3) is 0 Å². The van der Waals surface area contributed by atoms with Gasteiger partial charge in [-0.1, -0.05) is 39.8 Å². The average molecular weight is 600 g/mol. The second-order valence-corrected chi connectivity index (χ2v) is 12.1. The molecule has 0 spiro atoms. The highest BCUT2D eigenvalue weighted by Crippen LogP contribution is 2.28. The molecule has 8 nitrogen and oxygen atoms in total. The number of ether oxygens (including phenoxy) is 3. The van der Waals surface area contributed by atoms with Crippen LogP contribution < -0.4 is 15.8 Å². The normalized spacial score (nSPS) is 17.1. The molecule has 0 saturated carbocycles. The van der Waals surface area contributed by atoms with Crippen LogP contribution in [0.1, 0.15) is 64.5 Å². The molecule has 1 aliphatic rings. The number of amides is 1. The first-order chi connectivity index (χ1) is 19.2. The van der Waals surface area contributed by atoms with Crippen molar-refractivity contribution in [2.75, 3.05) is 60.2 Å². The number of aryl methyl sites for hydroxylation is 1. The quantitative estimate of drug-likeness (QED) is 0.206. The van der Waals surface area contributed by atoms with Crippen molar-refractivity contribution >= 4 is 18.3 Å². The Morgan fingerprint density at radius 3 is 2.41 bits per heavy atom. The highest BCUT2D eigenvalue weighted by molar-refractivity contribution is 5.85.